The number of rotatable bonds is 6. The van der Waals surface area contributed by atoms with Crippen molar-refractivity contribution in [2.24, 2.45) is 5.92 Å². The molecule has 0 radical (unpaired) electrons. The van der Waals surface area contributed by atoms with Gasteiger partial charge in [0.2, 0.25) is 0 Å². The Balaban J connectivity index is 1.53. The van der Waals surface area contributed by atoms with Gasteiger partial charge in [0, 0.05) is 10.7 Å². The average Bonchev–Trinajstić information content (AvgIpc) is 2.74. The highest BCUT2D eigenvalue weighted by atomic mass is 35.5. The number of anilines is 2. The van der Waals surface area contributed by atoms with E-state index < -0.39 is 0 Å². The van der Waals surface area contributed by atoms with Crippen molar-refractivity contribution in [1.82, 2.24) is 0 Å². The smallest absolute Gasteiger partial charge is 0.323 e. The highest BCUT2D eigenvalue weighted by Gasteiger charge is 2.28. The minimum Gasteiger partial charge on any atom is -0.495 e. The van der Waals surface area contributed by atoms with Crippen LogP contribution >= 0.6 is 11.6 Å². The Bertz CT molecular complexity index is 906. The molecule has 0 saturated heterocycles. The molecule has 31 heavy (non-hydrogen) atoms. The number of urea groups is 1. The summed E-state index contributed by atoms with van der Waals surface area (Å²) >= 11 is 6.00. The van der Waals surface area contributed by atoms with E-state index in [0.29, 0.717) is 28.1 Å². The van der Waals surface area contributed by atoms with Gasteiger partial charge in [-0.15, -0.1) is 0 Å². The summed E-state index contributed by atoms with van der Waals surface area (Å²) in [5, 5.41) is 6.08. The van der Waals surface area contributed by atoms with Crippen LogP contribution in [-0.2, 0) is 9.53 Å². The third-order valence-electron chi connectivity index (χ3n) is 5.46. The summed E-state index contributed by atoms with van der Waals surface area (Å²) in [6.07, 6.45) is 3.54. The van der Waals surface area contributed by atoms with E-state index in [4.69, 9.17) is 21.1 Å². The van der Waals surface area contributed by atoms with Crippen LogP contribution < -0.4 is 15.4 Å². The van der Waals surface area contributed by atoms with Gasteiger partial charge in [0.05, 0.1) is 24.8 Å². The Morgan fingerprint density at radius 1 is 1.00 bits per heavy atom. The normalized spacial score (nSPS) is 18.4. The van der Waals surface area contributed by atoms with E-state index in [-0.39, 0.29) is 24.0 Å². The summed E-state index contributed by atoms with van der Waals surface area (Å²) in [5.74, 6) is 0.881. The number of amides is 2. The van der Waals surface area contributed by atoms with Crippen molar-refractivity contribution >= 4 is 35.0 Å². The summed E-state index contributed by atoms with van der Waals surface area (Å²) < 4.78 is 10.6. The van der Waals surface area contributed by atoms with Crippen LogP contribution in [0.3, 0.4) is 0 Å². The predicted molar refractivity (Wildman–Crippen MR) is 123 cm³/mol. The minimum atomic E-state index is -0.377. The van der Waals surface area contributed by atoms with E-state index in [1.54, 1.807) is 18.2 Å². The fourth-order valence-electron chi connectivity index (χ4n) is 3.89. The topological polar surface area (TPSA) is 76.7 Å². The number of carbonyl (C=O) groups excluding carboxylic acids is 2. The highest BCUT2D eigenvalue weighted by molar-refractivity contribution is 6.31. The molecule has 2 aromatic carbocycles. The van der Waals surface area contributed by atoms with Gasteiger partial charge in [-0.25, -0.2) is 4.79 Å². The molecule has 0 aromatic heterocycles. The second-order valence-corrected chi connectivity index (χ2v) is 8.52. The van der Waals surface area contributed by atoms with E-state index in [1.165, 1.54) is 12.7 Å². The molecule has 0 spiro atoms. The van der Waals surface area contributed by atoms with Crippen molar-refractivity contribution in [2.45, 2.75) is 51.6 Å². The van der Waals surface area contributed by atoms with Crippen molar-refractivity contribution < 1.29 is 19.1 Å². The van der Waals surface area contributed by atoms with Gasteiger partial charge in [0.25, 0.3) is 0 Å². The molecule has 2 aromatic rings. The fourth-order valence-corrected chi connectivity index (χ4v) is 4.06. The summed E-state index contributed by atoms with van der Waals surface area (Å²) in [6.45, 7) is 3.76. The van der Waals surface area contributed by atoms with E-state index in [2.05, 4.69) is 10.6 Å². The first-order valence-corrected chi connectivity index (χ1v) is 11.0. The lowest BCUT2D eigenvalue weighted by atomic mass is 9.78. The van der Waals surface area contributed by atoms with Crippen LogP contribution in [0.25, 0.3) is 0 Å². The third-order valence-corrected chi connectivity index (χ3v) is 5.70. The minimum absolute atomic E-state index is 0.00627. The van der Waals surface area contributed by atoms with Gasteiger partial charge in [0.1, 0.15) is 5.75 Å². The zero-order valence-corrected chi connectivity index (χ0v) is 18.9. The van der Waals surface area contributed by atoms with E-state index in [0.717, 1.165) is 25.7 Å². The second-order valence-electron chi connectivity index (χ2n) is 8.08. The quantitative estimate of drug-likeness (QED) is 0.518. The van der Waals surface area contributed by atoms with Crippen LogP contribution in [0.5, 0.6) is 5.75 Å². The van der Waals surface area contributed by atoms with Crippen LogP contribution in [-0.4, -0.2) is 25.2 Å². The molecule has 7 heteroatoms. The molecular weight excluding hydrogens is 416 g/mol. The number of hydrogen-bond donors (Lipinski definition) is 2. The maximum Gasteiger partial charge on any atom is 0.323 e. The zero-order valence-electron chi connectivity index (χ0n) is 18.1. The lowest BCUT2D eigenvalue weighted by Gasteiger charge is -2.28. The number of hydrogen-bond acceptors (Lipinski definition) is 4. The first-order valence-electron chi connectivity index (χ1n) is 10.6. The van der Waals surface area contributed by atoms with Crippen molar-refractivity contribution in [3.05, 3.63) is 53.1 Å². The Morgan fingerprint density at radius 3 is 2.29 bits per heavy atom. The summed E-state index contributed by atoms with van der Waals surface area (Å²) in [5.41, 5.74) is 2.41. The lowest BCUT2D eigenvalue weighted by Crippen LogP contribution is -2.25. The van der Waals surface area contributed by atoms with Crippen LogP contribution in [0.15, 0.2) is 42.5 Å². The molecule has 1 saturated carbocycles. The number of nitrogens with one attached hydrogen (secondary N) is 2. The van der Waals surface area contributed by atoms with Gasteiger partial charge in [-0.1, -0.05) is 23.7 Å². The molecule has 166 valence electrons. The van der Waals surface area contributed by atoms with Crippen LogP contribution in [0.4, 0.5) is 16.2 Å². The molecule has 0 heterocycles. The Hall–Kier alpha value is -2.73. The summed E-state index contributed by atoms with van der Waals surface area (Å²) in [7, 11) is 1.53. The van der Waals surface area contributed by atoms with Gasteiger partial charge in [-0.05, 0) is 81.3 Å². The van der Waals surface area contributed by atoms with Crippen LogP contribution in [0.2, 0.25) is 5.02 Å². The largest absolute Gasteiger partial charge is 0.495 e. The maximum atomic E-state index is 12.4. The number of carbonyl (C=O) groups is 2. The third kappa shape index (κ3) is 6.37. The van der Waals surface area contributed by atoms with Gasteiger partial charge >= 0.3 is 12.0 Å². The van der Waals surface area contributed by atoms with Gasteiger partial charge in [-0.3, -0.25) is 4.79 Å². The second kappa shape index (κ2) is 10.5. The maximum absolute atomic E-state index is 12.4. The molecule has 0 bridgehead atoms. The van der Waals surface area contributed by atoms with Gasteiger partial charge < -0.3 is 20.1 Å². The number of ether oxygens (including phenoxy) is 2. The molecule has 3 rings (SSSR count). The first-order chi connectivity index (χ1) is 14.9. The van der Waals surface area contributed by atoms with Crippen molar-refractivity contribution in [3.8, 4) is 5.75 Å². The predicted octanol–water partition coefficient (Wildman–Crippen LogP) is 6.22. The van der Waals surface area contributed by atoms with Gasteiger partial charge in [0.15, 0.2) is 0 Å². The van der Waals surface area contributed by atoms with Crippen molar-refractivity contribution in [3.63, 3.8) is 0 Å². The first kappa shape index (κ1) is 22.9. The molecule has 0 unspecified atom stereocenters. The fraction of sp³-hybridized carbons (Fsp3) is 0.417. The summed E-state index contributed by atoms with van der Waals surface area (Å²) in [6, 6.07) is 12.5. The molecular formula is C24H29ClN2O4. The molecule has 1 fully saturated rings. The van der Waals surface area contributed by atoms with Gasteiger partial charge in [-0.2, -0.15) is 0 Å². The molecule has 2 N–H and O–H groups in total. The zero-order chi connectivity index (χ0) is 22.4. The van der Waals surface area contributed by atoms with Crippen LogP contribution in [0, 0.1) is 5.92 Å². The molecule has 0 aliphatic heterocycles. The molecule has 2 amide bonds. The van der Waals surface area contributed by atoms with E-state index >= 15 is 0 Å². The molecule has 6 nitrogen and oxygen atoms in total. The van der Waals surface area contributed by atoms with E-state index in [9.17, 15) is 9.59 Å². The number of benzene rings is 2. The number of methoxy groups -OCH3 is 1. The molecule has 0 atom stereocenters. The molecule has 1 aliphatic carbocycles. The van der Waals surface area contributed by atoms with Crippen molar-refractivity contribution in [2.75, 3.05) is 17.7 Å². The molecule has 1 aliphatic rings. The standard InChI is InChI=1S/C24H29ClN2O4/c1-15(2)31-23(28)18-6-4-16(5-7-18)17-8-11-20(12-9-17)26-24(29)27-21-14-19(25)10-13-22(21)30-3/h8-16,18H,4-7H2,1-3H3,(H2,26,27,29)/t16-,18-. The van der Waals surface area contributed by atoms with Crippen molar-refractivity contribution in [1.29, 1.82) is 0 Å². The average molecular weight is 445 g/mol. The Morgan fingerprint density at radius 2 is 1.68 bits per heavy atom. The Kier molecular flexibility index (Phi) is 7.80. The summed E-state index contributed by atoms with van der Waals surface area (Å²) in [4.78, 5) is 24.5. The van der Waals surface area contributed by atoms with E-state index in [1.807, 2.05) is 38.1 Å². The highest BCUT2D eigenvalue weighted by Crippen LogP contribution is 2.36. The SMILES string of the molecule is COc1ccc(Cl)cc1NC(=O)Nc1ccc([C@H]2CC[C@H](C(=O)OC(C)C)CC2)cc1. The lowest BCUT2D eigenvalue weighted by molar-refractivity contribution is -0.153. The Labute approximate surface area is 188 Å². The number of esters is 1. The van der Waals surface area contributed by atoms with Crippen LogP contribution in [0.1, 0.15) is 51.0 Å². The number of halogens is 1. The monoisotopic (exact) mass is 444 g/mol.